The Morgan fingerprint density at radius 2 is 2.12 bits per heavy atom. The fourth-order valence-corrected chi connectivity index (χ4v) is 2.75. The Kier molecular flexibility index (Phi) is 3.42. The van der Waals surface area contributed by atoms with Crippen LogP contribution >= 0.6 is 11.3 Å². The SMILES string of the molecule is Cc1ncsc1C(=O)N1CCC(C(=O)O)CC1. The summed E-state index contributed by atoms with van der Waals surface area (Å²) in [5.41, 5.74) is 2.41. The van der Waals surface area contributed by atoms with Gasteiger partial charge in [0.15, 0.2) is 0 Å². The molecule has 0 aliphatic carbocycles. The van der Waals surface area contributed by atoms with E-state index < -0.39 is 5.97 Å². The van der Waals surface area contributed by atoms with Crippen molar-refractivity contribution in [2.75, 3.05) is 13.1 Å². The van der Waals surface area contributed by atoms with Crippen molar-refractivity contribution in [1.82, 2.24) is 9.88 Å². The van der Waals surface area contributed by atoms with Crippen molar-refractivity contribution in [2.24, 2.45) is 5.92 Å². The lowest BCUT2D eigenvalue weighted by Gasteiger charge is -2.29. The first kappa shape index (κ1) is 12.0. The van der Waals surface area contributed by atoms with Gasteiger partial charge in [0.2, 0.25) is 0 Å². The van der Waals surface area contributed by atoms with Gasteiger partial charge < -0.3 is 10.0 Å². The summed E-state index contributed by atoms with van der Waals surface area (Å²) in [6.07, 6.45) is 1.08. The second kappa shape index (κ2) is 4.83. The van der Waals surface area contributed by atoms with Crippen molar-refractivity contribution >= 4 is 23.2 Å². The third-order valence-corrected chi connectivity index (χ3v) is 3.99. The van der Waals surface area contributed by atoms with E-state index in [4.69, 9.17) is 5.11 Å². The third kappa shape index (κ3) is 2.46. The summed E-state index contributed by atoms with van der Waals surface area (Å²) in [5, 5.41) is 8.88. The average molecular weight is 254 g/mol. The molecule has 6 heteroatoms. The molecule has 0 bridgehead atoms. The van der Waals surface area contributed by atoms with E-state index in [0.29, 0.717) is 30.8 Å². The molecule has 0 radical (unpaired) electrons. The molecule has 2 rings (SSSR count). The molecule has 1 N–H and O–H groups in total. The number of hydrogen-bond donors (Lipinski definition) is 1. The van der Waals surface area contributed by atoms with Gasteiger partial charge in [-0.25, -0.2) is 4.98 Å². The smallest absolute Gasteiger partial charge is 0.306 e. The Labute approximate surface area is 103 Å². The number of carbonyl (C=O) groups excluding carboxylic acids is 1. The zero-order valence-corrected chi connectivity index (χ0v) is 10.4. The van der Waals surface area contributed by atoms with E-state index in [1.165, 1.54) is 11.3 Å². The molecule has 5 nitrogen and oxygen atoms in total. The van der Waals surface area contributed by atoms with Crippen LogP contribution < -0.4 is 0 Å². The molecule has 17 heavy (non-hydrogen) atoms. The highest BCUT2D eigenvalue weighted by atomic mass is 32.1. The number of aromatic nitrogens is 1. The van der Waals surface area contributed by atoms with Crippen molar-refractivity contribution < 1.29 is 14.7 Å². The van der Waals surface area contributed by atoms with E-state index in [0.717, 1.165) is 5.69 Å². The molecule has 0 spiro atoms. The van der Waals surface area contributed by atoms with Crippen LogP contribution in [0.3, 0.4) is 0 Å². The van der Waals surface area contributed by atoms with Gasteiger partial charge in [0.1, 0.15) is 4.88 Å². The van der Waals surface area contributed by atoms with Crippen LogP contribution in [0.15, 0.2) is 5.51 Å². The number of likely N-dealkylation sites (tertiary alicyclic amines) is 1. The molecular formula is C11H14N2O3S. The molecular weight excluding hydrogens is 240 g/mol. The second-order valence-electron chi connectivity index (χ2n) is 4.17. The van der Waals surface area contributed by atoms with Crippen molar-refractivity contribution in [3.63, 3.8) is 0 Å². The summed E-state index contributed by atoms with van der Waals surface area (Å²) >= 11 is 1.34. The molecule has 0 aromatic carbocycles. The Morgan fingerprint density at radius 1 is 1.47 bits per heavy atom. The van der Waals surface area contributed by atoms with Gasteiger partial charge in [0, 0.05) is 13.1 Å². The number of carbonyl (C=O) groups is 2. The average Bonchev–Trinajstić information content (AvgIpc) is 2.74. The van der Waals surface area contributed by atoms with Crippen LogP contribution in [0.4, 0.5) is 0 Å². The van der Waals surface area contributed by atoms with E-state index in [1.807, 2.05) is 6.92 Å². The van der Waals surface area contributed by atoms with Crippen LogP contribution in [0.5, 0.6) is 0 Å². The molecule has 0 saturated carbocycles. The molecule has 0 atom stereocenters. The molecule has 1 fully saturated rings. The zero-order chi connectivity index (χ0) is 12.4. The number of aryl methyl sites for hydroxylation is 1. The predicted molar refractivity (Wildman–Crippen MR) is 63.1 cm³/mol. The van der Waals surface area contributed by atoms with Crippen LogP contribution in [0.25, 0.3) is 0 Å². The molecule has 2 heterocycles. The Morgan fingerprint density at radius 3 is 2.59 bits per heavy atom. The Balaban J connectivity index is 2.00. The largest absolute Gasteiger partial charge is 0.481 e. The van der Waals surface area contributed by atoms with Crippen molar-refractivity contribution in [3.8, 4) is 0 Å². The summed E-state index contributed by atoms with van der Waals surface area (Å²) in [6.45, 7) is 2.86. The molecule has 1 amide bonds. The molecule has 1 saturated heterocycles. The van der Waals surface area contributed by atoms with E-state index in [-0.39, 0.29) is 11.8 Å². The minimum Gasteiger partial charge on any atom is -0.481 e. The summed E-state index contributed by atoms with van der Waals surface area (Å²) in [5.74, 6) is -1.08. The third-order valence-electron chi connectivity index (χ3n) is 3.07. The molecule has 1 aliphatic rings. The number of piperidine rings is 1. The van der Waals surface area contributed by atoms with Gasteiger partial charge in [-0.15, -0.1) is 11.3 Å². The Hall–Kier alpha value is -1.43. The number of thiazole rings is 1. The fraction of sp³-hybridized carbons (Fsp3) is 0.545. The molecule has 92 valence electrons. The summed E-state index contributed by atoms with van der Waals surface area (Å²) in [7, 11) is 0. The van der Waals surface area contributed by atoms with Crippen molar-refractivity contribution in [1.29, 1.82) is 0 Å². The van der Waals surface area contributed by atoms with Gasteiger partial charge in [0.05, 0.1) is 17.1 Å². The lowest BCUT2D eigenvalue weighted by Crippen LogP contribution is -2.40. The maximum Gasteiger partial charge on any atom is 0.306 e. The molecule has 1 aromatic rings. The summed E-state index contributed by atoms with van der Waals surface area (Å²) in [4.78, 5) is 29.3. The van der Waals surface area contributed by atoms with E-state index in [2.05, 4.69) is 4.98 Å². The van der Waals surface area contributed by atoms with E-state index >= 15 is 0 Å². The second-order valence-corrected chi connectivity index (χ2v) is 5.03. The zero-order valence-electron chi connectivity index (χ0n) is 9.55. The molecule has 1 aromatic heterocycles. The first-order valence-electron chi connectivity index (χ1n) is 5.51. The number of hydrogen-bond acceptors (Lipinski definition) is 4. The maximum absolute atomic E-state index is 12.1. The number of rotatable bonds is 2. The fourth-order valence-electron chi connectivity index (χ4n) is 1.98. The number of carboxylic acids is 1. The number of aliphatic carboxylic acids is 1. The molecule has 0 unspecified atom stereocenters. The van der Waals surface area contributed by atoms with Gasteiger partial charge >= 0.3 is 5.97 Å². The number of amides is 1. The summed E-state index contributed by atoms with van der Waals surface area (Å²) in [6, 6.07) is 0. The van der Waals surface area contributed by atoms with Gasteiger partial charge in [-0.05, 0) is 19.8 Å². The number of carboxylic acid groups (broad SMARTS) is 1. The van der Waals surface area contributed by atoms with E-state index in [9.17, 15) is 9.59 Å². The van der Waals surface area contributed by atoms with Gasteiger partial charge in [-0.3, -0.25) is 9.59 Å². The quantitative estimate of drug-likeness (QED) is 0.865. The van der Waals surface area contributed by atoms with Crippen molar-refractivity contribution in [3.05, 3.63) is 16.1 Å². The minimum atomic E-state index is -0.758. The highest BCUT2D eigenvalue weighted by Gasteiger charge is 2.28. The predicted octanol–water partition coefficient (Wildman–Crippen LogP) is 1.39. The van der Waals surface area contributed by atoms with Gasteiger partial charge in [-0.2, -0.15) is 0 Å². The molecule has 1 aliphatic heterocycles. The van der Waals surface area contributed by atoms with Gasteiger partial charge in [-0.1, -0.05) is 0 Å². The van der Waals surface area contributed by atoms with Crippen molar-refractivity contribution in [2.45, 2.75) is 19.8 Å². The van der Waals surface area contributed by atoms with Crippen LogP contribution in [0.1, 0.15) is 28.2 Å². The first-order chi connectivity index (χ1) is 8.09. The maximum atomic E-state index is 12.1. The highest BCUT2D eigenvalue weighted by molar-refractivity contribution is 7.11. The normalized spacial score (nSPS) is 17.1. The van der Waals surface area contributed by atoms with Crippen LogP contribution in [0, 0.1) is 12.8 Å². The number of nitrogens with zero attached hydrogens (tertiary/aromatic N) is 2. The Bertz CT molecular complexity index is 436. The lowest BCUT2D eigenvalue weighted by molar-refractivity contribution is -0.143. The van der Waals surface area contributed by atoms with E-state index in [1.54, 1.807) is 10.4 Å². The minimum absolute atomic E-state index is 0.0196. The summed E-state index contributed by atoms with van der Waals surface area (Å²) < 4.78 is 0. The van der Waals surface area contributed by atoms with Crippen LogP contribution in [0.2, 0.25) is 0 Å². The topological polar surface area (TPSA) is 70.5 Å². The van der Waals surface area contributed by atoms with Gasteiger partial charge in [0.25, 0.3) is 5.91 Å². The standard InChI is InChI=1S/C11H14N2O3S/c1-7-9(17-6-12-7)10(14)13-4-2-8(3-5-13)11(15)16/h6,8H,2-5H2,1H3,(H,15,16). The van der Waals surface area contributed by atoms with Crippen LogP contribution in [-0.2, 0) is 4.79 Å². The monoisotopic (exact) mass is 254 g/mol. The lowest BCUT2D eigenvalue weighted by atomic mass is 9.97. The highest BCUT2D eigenvalue weighted by Crippen LogP contribution is 2.21. The first-order valence-corrected chi connectivity index (χ1v) is 6.39. The van der Waals surface area contributed by atoms with Crippen LogP contribution in [-0.4, -0.2) is 40.0 Å².